The number of piperidine rings is 1. The third-order valence-corrected chi connectivity index (χ3v) is 3.67. The van der Waals surface area contributed by atoms with Crippen LogP contribution in [0.5, 0.6) is 0 Å². The molecule has 1 saturated carbocycles. The molecule has 82 valence electrons. The zero-order chi connectivity index (χ0) is 10.3. The van der Waals surface area contributed by atoms with E-state index in [2.05, 4.69) is 28.3 Å². The lowest BCUT2D eigenvalue weighted by atomic mass is 9.98. The van der Waals surface area contributed by atoms with Gasteiger partial charge in [-0.15, -0.1) is 0 Å². The quantitative estimate of drug-likeness (QED) is 0.801. The van der Waals surface area contributed by atoms with Gasteiger partial charge in [-0.2, -0.15) is 5.10 Å². The molecule has 1 atom stereocenters. The number of nitrogens with one attached hydrogen (secondary N) is 1. The maximum Gasteiger partial charge on any atom is 0.0585 e. The third kappa shape index (κ3) is 1.69. The second-order valence-corrected chi connectivity index (χ2v) is 4.89. The molecule has 0 amide bonds. The van der Waals surface area contributed by atoms with Crippen molar-refractivity contribution in [3.05, 3.63) is 17.5 Å². The summed E-state index contributed by atoms with van der Waals surface area (Å²) < 4.78 is 2.08. The first-order valence-corrected chi connectivity index (χ1v) is 6.11. The highest BCUT2D eigenvalue weighted by molar-refractivity contribution is 5.29. The largest absolute Gasteiger partial charge is 0.309 e. The molecule has 1 saturated heterocycles. The predicted octanol–water partition coefficient (Wildman–Crippen LogP) is 2.11. The van der Waals surface area contributed by atoms with E-state index in [0.29, 0.717) is 6.04 Å². The number of aromatic nitrogens is 2. The monoisotopic (exact) mass is 205 g/mol. The van der Waals surface area contributed by atoms with E-state index in [1.54, 1.807) is 0 Å². The van der Waals surface area contributed by atoms with E-state index in [1.807, 2.05) is 0 Å². The Bertz CT molecular complexity index is 346. The van der Waals surface area contributed by atoms with Gasteiger partial charge in [0.15, 0.2) is 0 Å². The van der Waals surface area contributed by atoms with Crippen LogP contribution in [0.1, 0.15) is 55.3 Å². The molecule has 1 aliphatic carbocycles. The van der Waals surface area contributed by atoms with Crippen LogP contribution in [0.25, 0.3) is 0 Å². The molecule has 1 aliphatic heterocycles. The van der Waals surface area contributed by atoms with Gasteiger partial charge in [-0.3, -0.25) is 4.68 Å². The van der Waals surface area contributed by atoms with Crippen molar-refractivity contribution in [2.75, 3.05) is 6.54 Å². The number of nitrogens with zero attached hydrogens (tertiary/aromatic N) is 2. The fourth-order valence-electron chi connectivity index (χ4n) is 2.68. The molecule has 2 heterocycles. The molecule has 15 heavy (non-hydrogen) atoms. The Morgan fingerprint density at radius 1 is 1.33 bits per heavy atom. The van der Waals surface area contributed by atoms with Gasteiger partial charge in [0.25, 0.3) is 0 Å². The van der Waals surface area contributed by atoms with Crippen molar-refractivity contribution < 1.29 is 0 Å². The number of hydrogen-bond acceptors (Lipinski definition) is 2. The van der Waals surface area contributed by atoms with Gasteiger partial charge in [0.1, 0.15) is 0 Å². The molecule has 2 aliphatic rings. The Morgan fingerprint density at radius 2 is 2.20 bits per heavy atom. The van der Waals surface area contributed by atoms with Crippen molar-refractivity contribution in [2.45, 2.75) is 44.1 Å². The summed E-state index contributed by atoms with van der Waals surface area (Å²) in [5.41, 5.74) is 2.97. The molecule has 1 aromatic heterocycles. The first-order chi connectivity index (χ1) is 7.36. The number of rotatable bonds is 2. The molecule has 0 spiro atoms. The standard InChI is InChI=1S/C12H19N3/c1-15-12(11-4-2-3-7-13-11)10(8-14-15)9-5-6-9/h8-9,11,13H,2-7H2,1H3. The van der Waals surface area contributed by atoms with E-state index in [-0.39, 0.29) is 0 Å². The van der Waals surface area contributed by atoms with Crippen molar-refractivity contribution in [3.63, 3.8) is 0 Å². The fraction of sp³-hybridized carbons (Fsp3) is 0.750. The Morgan fingerprint density at radius 3 is 2.87 bits per heavy atom. The SMILES string of the molecule is Cn1ncc(C2CC2)c1C1CCCCN1. The minimum Gasteiger partial charge on any atom is -0.309 e. The Labute approximate surface area is 90.9 Å². The average molecular weight is 205 g/mol. The Balaban J connectivity index is 1.90. The van der Waals surface area contributed by atoms with Crippen LogP contribution in [-0.2, 0) is 7.05 Å². The smallest absolute Gasteiger partial charge is 0.0585 e. The van der Waals surface area contributed by atoms with Crippen molar-refractivity contribution in [3.8, 4) is 0 Å². The Kier molecular flexibility index (Phi) is 2.28. The molecule has 0 aromatic carbocycles. The molecule has 0 bridgehead atoms. The molecule has 1 unspecified atom stereocenters. The maximum atomic E-state index is 4.43. The van der Waals surface area contributed by atoms with E-state index in [0.717, 1.165) is 5.92 Å². The summed E-state index contributed by atoms with van der Waals surface area (Å²) in [5, 5.41) is 8.05. The molecular weight excluding hydrogens is 186 g/mol. The Hall–Kier alpha value is -0.830. The van der Waals surface area contributed by atoms with E-state index >= 15 is 0 Å². The highest BCUT2D eigenvalue weighted by atomic mass is 15.3. The summed E-state index contributed by atoms with van der Waals surface area (Å²) in [5.74, 6) is 0.817. The molecule has 0 radical (unpaired) electrons. The minimum absolute atomic E-state index is 0.557. The highest BCUT2D eigenvalue weighted by Crippen LogP contribution is 2.43. The first kappa shape index (κ1) is 9.40. The van der Waals surface area contributed by atoms with Gasteiger partial charge in [0.2, 0.25) is 0 Å². The molecule has 3 rings (SSSR count). The third-order valence-electron chi connectivity index (χ3n) is 3.67. The predicted molar refractivity (Wildman–Crippen MR) is 59.8 cm³/mol. The van der Waals surface area contributed by atoms with E-state index < -0.39 is 0 Å². The van der Waals surface area contributed by atoms with Crippen LogP contribution in [0.2, 0.25) is 0 Å². The zero-order valence-corrected chi connectivity index (χ0v) is 9.37. The summed E-state index contributed by atoms with van der Waals surface area (Å²) in [6.45, 7) is 1.17. The van der Waals surface area contributed by atoms with Crippen LogP contribution in [0.15, 0.2) is 6.20 Å². The van der Waals surface area contributed by atoms with Gasteiger partial charge >= 0.3 is 0 Å². The lowest BCUT2D eigenvalue weighted by Crippen LogP contribution is -2.29. The molecule has 1 N–H and O–H groups in total. The van der Waals surface area contributed by atoms with Crippen molar-refractivity contribution in [1.82, 2.24) is 15.1 Å². The van der Waals surface area contributed by atoms with Gasteiger partial charge in [-0.25, -0.2) is 0 Å². The van der Waals surface area contributed by atoms with E-state index in [9.17, 15) is 0 Å². The van der Waals surface area contributed by atoms with Crippen molar-refractivity contribution in [2.24, 2.45) is 7.05 Å². The minimum atomic E-state index is 0.557. The van der Waals surface area contributed by atoms with Gasteiger partial charge in [0.05, 0.1) is 11.9 Å². The van der Waals surface area contributed by atoms with Gasteiger partial charge in [0, 0.05) is 13.1 Å². The molecule has 3 nitrogen and oxygen atoms in total. The first-order valence-electron chi connectivity index (χ1n) is 6.11. The topological polar surface area (TPSA) is 29.9 Å². The molecule has 3 heteroatoms. The van der Waals surface area contributed by atoms with Gasteiger partial charge in [-0.1, -0.05) is 6.42 Å². The van der Waals surface area contributed by atoms with Gasteiger partial charge in [-0.05, 0) is 43.7 Å². The van der Waals surface area contributed by atoms with E-state index in [4.69, 9.17) is 0 Å². The van der Waals surface area contributed by atoms with Crippen LogP contribution in [0.4, 0.5) is 0 Å². The fourth-order valence-corrected chi connectivity index (χ4v) is 2.68. The van der Waals surface area contributed by atoms with Crippen LogP contribution in [-0.4, -0.2) is 16.3 Å². The van der Waals surface area contributed by atoms with E-state index in [1.165, 1.54) is 49.9 Å². The van der Waals surface area contributed by atoms with Crippen LogP contribution in [0, 0.1) is 0 Å². The van der Waals surface area contributed by atoms with Crippen LogP contribution < -0.4 is 5.32 Å². The summed E-state index contributed by atoms with van der Waals surface area (Å²) in [7, 11) is 2.08. The maximum absolute atomic E-state index is 4.43. The summed E-state index contributed by atoms with van der Waals surface area (Å²) in [6.07, 6.45) is 8.78. The lowest BCUT2D eigenvalue weighted by molar-refractivity contribution is 0.392. The van der Waals surface area contributed by atoms with Crippen LogP contribution >= 0.6 is 0 Å². The number of hydrogen-bond donors (Lipinski definition) is 1. The summed E-state index contributed by atoms with van der Waals surface area (Å²) in [6, 6.07) is 0.557. The van der Waals surface area contributed by atoms with Crippen molar-refractivity contribution >= 4 is 0 Å². The molecular formula is C12H19N3. The van der Waals surface area contributed by atoms with Crippen molar-refractivity contribution in [1.29, 1.82) is 0 Å². The van der Waals surface area contributed by atoms with Crippen LogP contribution in [0.3, 0.4) is 0 Å². The second-order valence-electron chi connectivity index (χ2n) is 4.89. The highest BCUT2D eigenvalue weighted by Gasteiger charge is 2.31. The zero-order valence-electron chi connectivity index (χ0n) is 9.37. The normalized spacial score (nSPS) is 26.9. The average Bonchev–Trinajstić information content (AvgIpc) is 3.04. The molecule has 2 fully saturated rings. The molecule has 1 aromatic rings. The summed E-state index contributed by atoms with van der Waals surface area (Å²) in [4.78, 5) is 0. The second kappa shape index (κ2) is 3.63. The van der Waals surface area contributed by atoms with Gasteiger partial charge < -0.3 is 5.32 Å². The summed E-state index contributed by atoms with van der Waals surface area (Å²) >= 11 is 0. The number of aryl methyl sites for hydroxylation is 1. The lowest BCUT2D eigenvalue weighted by Gasteiger charge is -2.24.